The van der Waals surface area contributed by atoms with Crippen molar-refractivity contribution in [3.63, 3.8) is 0 Å². The third-order valence-corrected chi connectivity index (χ3v) is 3.51. The molecule has 5 nitrogen and oxygen atoms in total. The summed E-state index contributed by atoms with van der Waals surface area (Å²) < 4.78 is 10.8. The minimum absolute atomic E-state index is 0.0284. The lowest BCUT2D eigenvalue weighted by molar-refractivity contribution is -0.109. The number of hydrogen-bond donors (Lipinski definition) is 1. The molecule has 1 amide bonds. The van der Waals surface area contributed by atoms with Crippen LogP contribution in [0.1, 0.15) is 40.5 Å². The van der Waals surface area contributed by atoms with Gasteiger partial charge in [0.15, 0.2) is 5.12 Å². The zero-order valence-corrected chi connectivity index (χ0v) is 12.8. The number of carbonyl (C=O) groups excluding carboxylic acids is 2. The van der Waals surface area contributed by atoms with Crippen molar-refractivity contribution in [2.75, 3.05) is 12.4 Å². The first-order valence-corrected chi connectivity index (χ1v) is 7.51. The van der Waals surface area contributed by atoms with Crippen LogP contribution >= 0.6 is 11.8 Å². The highest BCUT2D eigenvalue weighted by molar-refractivity contribution is 8.13. The van der Waals surface area contributed by atoms with Gasteiger partial charge in [-0.05, 0) is 33.6 Å². The molecule has 6 heteroatoms. The summed E-state index contributed by atoms with van der Waals surface area (Å²) in [5.74, 6) is 0.513. The van der Waals surface area contributed by atoms with Crippen molar-refractivity contribution in [1.82, 2.24) is 5.32 Å². The highest BCUT2D eigenvalue weighted by Gasteiger charge is 2.29. The predicted octanol–water partition coefficient (Wildman–Crippen LogP) is 2.34. The van der Waals surface area contributed by atoms with E-state index in [1.165, 1.54) is 18.7 Å². The summed E-state index contributed by atoms with van der Waals surface area (Å²) in [7, 11) is 0. The number of carbonyl (C=O) groups is 2. The van der Waals surface area contributed by atoms with Crippen molar-refractivity contribution < 1.29 is 19.1 Å². The molecule has 2 atom stereocenters. The van der Waals surface area contributed by atoms with E-state index in [0.717, 1.165) is 12.8 Å². The molecule has 0 unspecified atom stereocenters. The summed E-state index contributed by atoms with van der Waals surface area (Å²) >= 11 is 1.20. The van der Waals surface area contributed by atoms with E-state index in [0.29, 0.717) is 12.4 Å². The lowest BCUT2D eigenvalue weighted by atomic mass is 10.1. The number of ether oxygens (including phenoxy) is 2. The first-order valence-electron chi connectivity index (χ1n) is 6.52. The maximum absolute atomic E-state index is 11.8. The Morgan fingerprint density at radius 2 is 2.16 bits per heavy atom. The molecular formula is C13H23NO4S. The van der Waals surface area contributed by atoms with Crippen molar-refractivity contribution in [3.05, 3.63) is 0 Å². The molecule has 19 heavy (non-hydrogen) atoms. The fourth-order valence-electron chi connectivity index (χ4n) is 1.83. The van der Waals surface area contributed by atoms with E-state index in [4.69, 9.17) is 9.47 Å². The molecule has 1 rings (SSSR count). The van der Waals surface area contributed by atoms with Gasteiger partial charge in [-0.3, -0.25) is 4.79 Å². The van der Waals surface area contributed by atoms with E-state index in [1.54, 1.807) is 0 Å². The molecule has 1 saturated heterocycles. The molecule has 1 fully saturated rings. The fourth-order valence-corrected chi connectivity index (χ4v) is 2.54. The second-order valence-corrected chi connectivity index (χ2v) is 6.80. The molecule has 1 heterocycles. The average Bonchev–Trinajstić information content (AvgIpc) is 2.74. The summed E-state index contributed by atoms with van der Waals surface area (Å²) in [5, 5.41) is 2.85. The highest BCUT2D eigenvalue weighted by Crippen LogP contribution is 2.19. The van der Waals surface area contributed by atoms with Gasteiger partial charge in [0.2, 0.25) is 0 Å². The van der Waals surface area contributed by atoms with Crippen molar-refractivity contribution in [3.8, 4) is 0 Å². The quantitative estimate of drug-likeness (QED) is 0.860. The maximum atomic E-state index is 11.8. The number of alkyl carbamates (subject to hydrolysis) is 1. The molecule has 0 saturated carbocycles. The average molecular weight is 289 g/mol. The summed E-state index contributed by atoms with van der Waals surface area (Å²) in [6.07, 6.45) is 1.40. The number of amides is 1. The molecule has 0 radical (unpaired) electrons. The van der Waals surface area contributed by atoms with Crippen molar-refractivity contribution in [2.45, 2.75) is 58.3 Å². The Bertz CT molecular complexity index is 321. The van der Waals surface area contributed by atoms with Crippen molar-refractivity contribution in [2.24, 2.45) is 0 Å². The summed E-state index contributed by atoms with van der Waals surface area (Å²) in [6, 6.07) is -0.189. The van der Waals surface area contributed by atoms with Crippen LogP contribution in [-0.2, 0) is 14.3 Å². The van der Waals surface area contributed by atoms with Crippen LogP contribution in [0.5, 0.6) is 0 Å². The molecule has 0 bridgehead atoms. The normalized spacial score (nSPS) is 20.9. The van der Waals surface area contributed by atoms with Crippen LogP contribution in [0.3, 0.4) is 0 Å². The number of nitrogens with one attached hydrogen (secondary N) is 1. The molecule has 0 aromatic heterocycles. The van der Waals surface area contributed by atoms with Gasteiger partial charge in [0.05, 0.1) is 12.1 Å². The van der Waals surface area contributed by atoms with Crippen LogP contribution in [0, 0.1) is 0 Å². The number of hydrogen-bond acceptors (Lipinski definition) is 5. The van der Waals surface area contributed by atoms with E-state index < -0.39 is 11.7 Å². The van der Waals surface area contributed by atoms with Crippen LogP contribution < -0.4 is 5.32 Å². The molecule has 0 aromatic rings. The second-order valence-electron chi connectivity index (χ2n) is 5.61. The Morgan fingerprint density at radius 1 is 1.47 bits per heavy atom. The second kappa shape index (κ2) is 7.14. The van der Waals surface area contributed by atoms with Gasteiger partial charge in [0, 0.05) is 19.3 Å². The molecule has 1 N–H and O–H groups in total. The van der Waals surface area contributed by atoms with Gasteiger partial charge in [-0.2, -0.15) is 0 Å². The molecule has 0 aliphatic carbocycles. The van der Waals surface area contributed by atoms with Gasteiger partial charge in [-0.25, -0.2) is 4.79 Å². The predicted molar refractivity (Wildman–Crippen MR) is 75.3 cm³/mol. The van der Waals surface area contributed by atoms with Gasteiger partial charge in [0.1, 0.15) is 5.60 Å². The third-order valence-electron chi connectivity index (χ3n) is 2.58. The molecule has 0 spiro atoms. The zero-order valence-electron chi connectivity index (χ0n) is 12.0. The van der Waals surface area contributed by atoms with Gasteiger partial charge in [0.25, 0.3) is 0 Å². The Balaban J connectivity index is 2.52. The lowest BCUT2D eigenvalue weighted by Gasteiger charge is -2.26. The van der Waals surface area contributed by atoms with E-state index in [9.17, 15) is 9.59 Å². The van der Waals surface area contributed by atoms with Gasteiger partial charge < -0.3 is 14.8 Å². The molecular weight excluding hydrogens is 266 g/mol. The van der Waals surface area contributed by atoms with Crippen LogP contribution in [-0.4, -0.2) is 41.3 Å². The fraction of sp³-hybridized carbons (Fsp3) is 0.846. The Morgan fingerprint density at radius 3 is 2.63 bits per heavy atom. The maximum Gasteiger partial charge on any atom is 0.407 e. The Kier molecular flexibility index (Phi) is 6.13. The Labute approximate surface area is 118 Å². The van der Waals surface area contributed by atoms with Crippen LogP contribution in [0.2, 0.25) is 0 Å². The molecule has 110 valence electrons. The van der Waals surface area contributed by atoms with Gasteiger partial charge in [-0.15, -0.1) is 0 Å². The van der Waals surface area contributed by atoms with E-state index in [1.807, 2.05) is 20.8 Å². The van der Waals surface area contributed by atoms with Gasteiger partial charge >= 0.3 is 6.09 Å². The minimum atomic E-state index is -0.529. The smallest absolute Gasteiger partial charge is 0.407 e. The van der Waals surface area contributed by atoms with Crippen molar-refractivity contribution >= 4 is 23.0 Å². The third kappa shape index (κ3) is 6.82. The van der Waals surface area contributed by atoms with E-state index in [-0.39, 0.29) is 17.3 Å². The van der Waals surface area contributed by atoms with E-state index in [2.05, 4.69) is 5.32 Å². The SMILES string of the molecule is CC(=O)SC[C@@H](NC(=O)OC(C)(C)C)[C@H]1CCCO1. The number of thioether (sulfide) groups is 1. The highest BCUT2D eigenvalue weighted by atomic mass is 32.2. The topological polar surface area (TPSA) is 64.6 Å². The lowest BCUT2D eigenvalue weighted by Crippen LogP contribution is -2.46. The van der Waals surface area contributed by atoms with Crippen LogP contribution in [0.25, 0.3) is 0 Å². The monoisotopic (exact) mass is 289 g/mol. The minimum Gasteiger partial charge on any atom is -0.444 e. The van der Waals surface area contributed by atoms with Crippen molar-refractivity contribution in [1.29, 1.82) is 0 Å². The summed E-state index contributed by atoms with van der Waals surface area (Å²) in [6.45, 7) is 7.68. The van der Waals surface area contributed by atoms with Crippen LogP contribution in [0.4, 0.5) is 4.79 Å². The first-order chi connectivity index (χ1) is 8.78. The number of rotatable bonds is 4. The summed E-state index contributed by atoms with van der Waals surface area (Å²) in [4.78, 5) is 22.8. The van der Waals surface area contributed by atoms with Gasteiger partial charge in [-0.1, -0.05) is 11.8 Å². The zero-order chi connectivity index (χ0) is 14.5. The summed E-state index contributed by atoms with van der Waals surface area (Å²) in [5.41, 5.74) is -0.529. The van der Waals surface area contributed by atoms with Crippen LogP contribution in [0.15, 0.2) is 0 Å². The molecule has 0 aromatic carbocycles. The molecule has 1 aliphatic heterocycles. The standard InChI is InChI=1S/C13H23NO4S/c1-9(15)19-8-10(11-6-5-7-17-11)14-12(16)18-13(2,3)4/h10-11H,5-8H2,1-4H3,(H,14,16)/t10-,11-/m1/s1. The largest absolute Gasteiger partial charge is 0.444 e. The van der Waals surface area contributed by atoms with E-state index >= 15 is 0 Å². The molecule has 1 aliphatic rings. The first kappa shape index (κ1) is 16.3. The Hall–Kier alpha value is -0.750.